The molecule has 1 heterocycles. The van der Waals surface area contributed by atoms with E-state index < -0.39 is 0 Å². The van der Waals surface area contributed by atoms with Gasteiger partial charge in [-0.3, -0.25) is 9.36 Å². The molecule has 7 rings (SSSR count). The number of nitrogens with one attached hydrogen (secondary N) is 1. The Morgan fingerprint density at radius 3 is 2.26 bits per heavy atom. The van der Waals surface area contributed by atoms with Gasteiger partial charge in [0.1, 0.15) is 11.6 Å². The van der Waals surface area contributed by atoms with Gasteiger partial charge in [-0.15, -0.1) is 0 Å². The second kappa shape index (κ2) is 10.3. The smallest absolute Gasteiger partial charge is 0.318 e. The van der Waals surface area contributed by atoms with Gasteiger partial charge in [-0.25, -0.2) is 9.78 Å². The van der Waals surface area contributed by atoms with Gasteiger partial charge in [-0.2, -0.15) is 0 Å². The van der Waals surface area contributed by atoms with Crippen LogP contribution in [0.3, 0.4) is 0 Å². The third-order valence-corrected chi connectivity index (χ3v) is 9.28. The van der Waals surface area contributed by atoms with Crippen molar-refractivity contribution in [3.05, 3.63) is 64.7 Å². The third-order valence-electron chi connectivity index (χ3n) is 9.28. The first kappa shape index (κ1) is 25.9. The van der Waals surface area contributed by atoms with Crippen molar-refractivity contribution in [1.29, 1.82) is 0 Å². The lowest BCUT2D eigenvalue weighted by Crippen LogP contribution is -2.62. The highest BCUT2D eigenvalue weighted by molar-refractivity contribution is 5.78. The number of urea groups is 1. The molecular formula is C32H40N4O3. The highest BCUT2D eigenvalue weighted by Gasteiger charge is 2.52. The molecule has 4 fully saturated rings. The molecule has 0 spiro atoms. The fourth-order valence-corrected chi connectivity index (χ4v) is 8.09. The maximum absolute atomic E-state index is 14.0. The van der Waals surface area contributed by atoms with Gasteiger partial charge in [0, 0.05) is 12.1 Å². The molecule has 4 aliphatic rings. The van der Waals surface area contributed by atoms with Crippen LogP contribution in [0.25, 0.3) is 16.6 Å². The van der Waals surface area contributed by atoms with Crippen molar-refractivity contribution < 1.29 is 9.53 Å². The number of amides is 2. The Morgan fingerprint density at radius 1 is 1.03 bits per heavy atom. The van der Waals surface area contributed by atoms with Crippen LogP contribution in [0.5, 0.6) is 5.75 Å². The van der Waals surface area contributed by atoms with Crippen molar-refractivity contribution >= 4 is 16.9 Å². The number of hydrogen-bond acceptors (Lipinski definition) is 4. The predicted octanol–water partition coefficient (Wildman–Crippen LogP) is 6.24. The topological polar surface area (TPSA) is 76.5 Å². The zero-order valence-electron chi connectivity index (χ0n) is 23.4. The summed E-state index contributed by atoms with van der Waals surface area (Å²) in [5.74, 6) is 3.59. The summed E-state index contributed by atoms with van der Waals surface area (Å²) in [5.41, 5.74) is 1.16. The van der Waals surface area contributed by atoms with Crippen molar-refractivity contribution in [2.24, 2.45) is 17.8 Å². The van der Waals surface area contributed by atoms with Crippen LogP contribution in [0.4, 0.5) is 4.79 Å². The van der Waals surface area contributed by atoms with Crippen LogP contribution in [-0.4, -0.2) is 39.2 Å². The van der Waals surface area contributed by atoms with Crippen LogP contribution in [0.1, 0.15) is 77.6 Å². The number of aromatic nitrogens is 2. The van der Waals surface area contributed by atoms with Crippen LogP contribution in [-0.2, 0) is 0 Å². The van der Waals surface area contributed by atoms with Crippen molar-refractivity contribution in [2.45, 2.75) is 77.3 Å². The molecule has 2 amide bonds. The lowest BCUT2D eigenvalue weighted by Gasteiger charge is -2.57. The highest BCUT2D eigenvalue weighted by Crippen LogP contribution is 2.55. The third kappa shape index (κ3) is 4.70. The van der Waals surface area contributed by atoms with Crippen LogP contribution in [0.2, 0.25) is 0 Å². The Labute approximate surface area is 230 Å². The summed E-state index contributed by atoms with van der Waals surface area (Å²) in [6, 6.07) is 14.6. The van der Waals surface area contributed by atoms with Crippen LogP contribution < -0.4 is 15.6 Å². The number of fused-ring (bicyclic) bond motifs is 1. The standard InChI is InChI=1S/C32H40N4O3/c1-4-28(35(5-2)31(38)34-32-18-21-15-22(19-32)17-23(16-21)20-32)29-33-27-10-8-7-9-26(27)30(37)36(29)24-11-13-25(14-12-24)39-6-3/h7-14,21-23,28H,4-6,15-20H2,1-3H3,(H,34,38). The molecule has 3 aromatic rings. The second-order valence-electron chi connectivity index (χ2n) is 11.9. The molecule has 1 unspecified atom stereocenters. The van der Waals surface area contributed by atoms with Crippen molar-refractivity contribution in [2.75, 3.05) is 13.2 Å². The Morgan fingerprint density at radius 2 is 1.67 bits per heavy atom. The monoisotopic (exact) mass is 528 g/mol. The highest BCUT2D eigenvalue weighted by atomic mass is 16.5. The van der Waals surface area contributed by atoms with Gasteiger partial charge in [-0.05, 0) is 113 Å². The van der Waals surface area contributed by atoms with Gasteiger partial charge < -0.3 is 15.0 Å². The van der Waals surface area contributed by atoms with Crippen LogP contribution in [0.15, 0.2) is 53.3 Å². The van der Waals surface area contributed by atoms with E-state index in [0.717, 1.165) is 42.8 Å². The molecule has 4 bridgehead atoms. The molecule has 1 aromatic heterocycles. The van der Waals surface area contributed by atoms with Crippen molar-refractivity contribution in [3.63, 3.8) is 0 Å². The molecule has 4 saturated carbocycles. The van der Waals surface area contributed by atoms with E-state index >= 15 is 0 Å². The number of ether oxygens (including phenoxy) is 1. The normalized spacial score (nSPS) is 26.0. The summed E-state index contributed by atoms with van der Waals surface area (Å²) in [4.78, 5) is 34.9. The van der Waals surface area contributed by atoms with E-state index in [1.165, 1.54) is 19.3 Å². The fraction of sp³-hybridized carbons (Fsp3) is 0.531. The van der Waals surface area contributed by atoms with Crippen molar-refractivity contribution in [3.8, 4) is 11.4 Å². The fourth-order valence-electron chi connectivity index (χ4n) is 8.09. The molecule has 7 heteroatoms. The minimum Gasteiger partial charge on any atom is -0.494 e. The Balaban J connectivity index is 1.39. The molecular weight excluding hydrogens is 488 g/mol. The van der Waals surface area contributed by atoms with Gasteiger partial charge in [0.25, 0.3) is 5.56 Å². The average Bonchev–Trinajstić information content (AvgIpc) is 2.91. The van der Waals surface area contributed by atoms with Gasteiger partial charge in [0.15, 0.2) is 0 Å². The van der Waals surface area contributed by atoms with Gasteiger partial charge in [0.05, 0.1) is 29.2 Å². The Bertz CT molecular complexity index is 1380. The van der Waals surface area contributed by atoms with Crippen LogP contribution in [0, 0.1) is 17.8 Å². The first-order valence-electron chi connectivity index (χ1n) is 14.8. The zero-order chi connectivity index (χ0) is 27.1. The van der Waals surface area contributed by atoms with Crippen LogP contribution >= 0.6 is 0 Å². The summed E-state index contributed by atoms with van der Waals surface area (Å²) in [6.45, 7) is 7.13. The second-order valence-corrected chi connectivity index (χ2v) is 11.9. The number of nitrogens with zero attached hydrogens (tertiary/aromatic N) is 3. The summed E-state index contributed by atoms with van der Waals surface area (Å²) >= 11 is 0. The number of benzene rings is 2. The first-order chi connectivity index (χ1) is 18.9. The molecule has 39 heavy (non-hydrogen) atoms. The summed E-state index contributed by atoms with van der Waals surface area (Å²) in [7, 11) is 0. The van der Waals surface area contributed by atoms with E-state index in [9.17, 15) is 9.59 Å². The number of para-hydroxylation sites is 1. The molecule has 0 radical (unpaired) electrons. The lowest BCUT2D eigenvalue weighted by atomic mass is 9.53. The van der Waals surface area contributed by atoms with Crippen molar-refractivity contribution in [1.82, 2.24) is 19.8 Å². The Kier molecular flexibility index (Phi) is 6.86. The summed E-state index contributed by atoms with van der Waals surface area (Å²) in [6.07, 6.45) is 7.95. The molecule has 206 valence electrons. The van der Waals surface area contributed by atoms with Gasteiger partial charge in [0.2, 0.25) is 0 Å². The summed E-state index contributed by atoms with van der Waals surface area (Å²) in [5, 5.41) is 4.11. The molecule has 0 aliphatic heterocycles. The summed E-state index contributed by atoms with van der Waals surface area (Å²) < 4.78 is 7.32. The van der Waals surface area contributed by atoms with E-state index in [1.54, 1.807) is 4.57 Å². The number of hydrogen-bond donors (Lipinski definition) is 1. The predicted molar refractivity (Wildman–Crippen MR) is 153 cm³/mol. The van der Waals surface area contributed by atoms with Gasteiger partial charge in [-0.1, -0.05) is 19.1 Å². The number of rotatable bonds is 8. The maximum Gasteiger partial charge on any atom is 0.318 e. The van der Waals surface area contributed by atoms with E-state index in [0.29, 0.717) is 42.0 Å². The molecule has 1 atom stereocenters. The molecule has 0 saturated heterocycles. The largest absolute Gasteiger partial charge is 0.494 e. The lowest BCUT2D eigenvalue weighted by molar-refractivity contribution is -0.0164. The molecule has 1 N–H and O–H groups in total. The SMILES string of the molecule is CCOc1ccc(-n2c(C(CC)N(CC)C(=O)NC34CC5CC(CC(C5)C3)C4)nc3ccccc3c2=O)cc1. The van der Waals surface area contributed by atoms with E-state index in [-0.39, 0.29) is 23.2 Å². The first-order valence-corrected chi connectivity index (χ1v) is 14.8. The number of carbonyl (C=O) groups excluding carboxylic acids is 1. The van der Waals surface area contributed by atoms with E-state index in [2.05, 4.69) is 12.2 Å². The van der Waals surface area contributed by atoms with E-state index in [1.807, 2.05) is 67.3 Å². The minimum absolute atomic E-state index is 0.0352. The minimum atomic E-state index is -0.354. The Hall–Kier alpha value is -3.35. The average molecular weight is 529 g/mol. The maximum atomic E-state index is 14.0. The van der Waals surface area contributed by atoms with E-state index in [4.69, 9.17) is 9.72 Å². The van der Waals surface area contributed by atoms with Gasteiger partial charge >= 0.3 is 6.03 Å². The molecule has 4 aliphatic carbocycles. The quantitative estimate of drug-likeness (QED) is 0.376. The molecule has 7 nitrogen and oxygen atoms in total. The zero-order valence-corrected chi connectivity index (χ0v) is 23.4. The number of carbonyl (C=O) groups is 1. The molecule has 2 aromatic carbocycles.